The predicted molar refractivity (Wildman–Crippen MR) is 131 cm³/mol. The molecule has 4 aromatic rings. The monoisotopic (exact) mass is 455 g/mol. The van der Waals surface area contributed by atoms with Crippen LogP contribution in [-0.2, 0) is 13.0 Å². The molecule has 34 heavy (non-hydrogen) atoms. The van der Waals surface area contributed by atoms with E-state index in [1.165, 1.54) is 0 Å². The summed E-state index contributed by atoms with van der Waals surface area (Å²) in [6.07, 6.45) is 2.52. The Bertz CT molecular complexity index is 1440. The van der Waals surface area contributed by atoms with Gasteiger partial charge in [0.25, 0.3) is 0 Å². The highest BCUT2D eigenvalue weighted by molar-refractivity contribution is 6.10. The van der Waals surface area contributed by atoms with E-state index in [4.69, 9.17) is 14.2 Å². The molecule has 1 aliphatic rings. The molecule has 0 saturated carbocycles. The van der Waals surface area contributed by atoms with Crippen LogP contribution in [0.3, 0.4) is 0 Å². The van der Waals surface area contributed by atoms with Crippen molar-refractivity contribution in [1.29, 1.82) is 0 Å². The topological polar surface area (TPSA) is 66.8 Å². The fraction of sp³-hybridized carbons (Fsp3) is 0.214. The Hall–Kier alpha value is -4.06. The zero-order chi connectivity index (χ0) is 23.7. The Balaban J connectivity index is 1.70. The number of nitrogens with zero attached hydrogens (tertiary/aromatic N) is 1. The van der Waals surface area contributed by atoms with Crippen molar-refractivity contribution in [3.05, 3.63) is 99.3 Å². The van der Waals surface area contributed by atoms with Crippen molar-refractivity contribution < 1.29 is 19.0 Å². The number of para-hydroxylation sites is 1. The molecule has 172 valence electrons. The molecule has 0 amide bonds. The maximum absolute atomic E-state index is 13.5. The van der Waals surface area contributed by atoms with Gasteiger partial charge in [0.1, 0.15) is 19.0 Å². The number of hydrogen-bond donors (Lipinski definition) is 0. The van der Waals surface area contributed by atoms with Gasteiger partial charge in [0.05, 0.1) is 30.1 Å². The zero-order valence-corrected chi connectivity index (χ0v) is 19.2. The van der Waals surface area contributed by atoms with Crippen molar-refractivity contribution in [3.63, 3.8) is 0 Å². The maximum Gasteiger partial charge on any atom is 0.200 e. The van der Waals surface area contributed by atoms with Gasteiger partial charge in [-0.1, -0.05) is 49.4 Å². The van der Waals surface area contributed by atoms with Crippen LogP contribution in [0.4, 0.5) is 0 Å². The lowest BCUT2D eigenvalue weighted by Gasteiger charge is -2.21. The summed E-state index contributed by atoms with van der Waals surface area (Å²) in [5.41, 5.74) is 2.99. The second-order valence-corrected chi connectivity index (χ2v) is 8.20. The highest BCUT2D eigenvalue weighted by Gasteiger charge is 2.21. The second-order valence-electron chi connectivity index (χ2n) is 8.20. The van der Waals surface area contributed by atoms with Crippen LogP contribution < -0.4 is 19.6 Å². The Morgan fingerprint density at radius 1 is 1.00 bits per heavy atom. The number of ether oxygens (including phenoxy) is 3. The van der Waals surface area contributed by atoms with E-state index in [9.17, 15) is 9.59 Å². The van der Waals surface area contributed by atoms with E-state index in [-0.39, 0.29) is 16.8 Å². The van der Waals surface area contributed by atoms with Gasteiger partial charge in [-0.2, -0.15) is 0 Å². The number of aryl methyl sites for hydroxylation is 1. The quantitative estimate of drug-likeness (QED) is 0.397. The molecule has 5 rings (SSSR count). The molecule has 2 heterocycles. The summed E-state index contributed by atoms with van der Waals surface area (Å²) in [4.78, 5) is 27.0. The van der Waals surface area contributed by atoms with E-state index in [0.29, 0.717) is 47.7 Å². The molecule has 0 unspecified atom stereocenters. The van der Waals surface area contributed by atoms with Crippen LogP contribution in [0, 0.1) is 0 Å². The maximum atomic E-state index is 13.5. The molecule has 1 aliphatic heterocycles. The van der Waals surface area contributed by atoms with E-state index in [2.05, 4.69) is 6.92 Å². The van der Waals surface area contributed by atoms with Gasteiger partial charge in [-0.15, -0.1) is 0 Å². The number of carbonyl (C=O) groups is 1. The van der Waals surface area contributed by atoms with Crippen LogP contribution in [0.15, 0.2) is 71.7 Å². The van der Waals surface area contributed by atoms with Crippen LogP contribution in [0.2, 0.25) is 0 Å². The van der Waals surface area contributed by atoms with E-state index in [0.717, 1.165) is 23.3 Å². The number of pyridine rings is 1. The first kappa shape index (κ1) is 21.8. The molecular formula is C28H25NO5. The first-order valence-corrected chi connectivity index (χ1v) is 11.3. The standard InChI is InChI=1S/C28H25NO5/c1-3-18-8-10-19(11-9-18)27(30)22-17-29(16-20-6-4-5-7-24(20)32-2)23-15-26-25(33-12-13-34-26)14-21(23)28(22)31/h4-11,14-15,17H,3,12-13,16H2,1-2H3. The van der Waals surface area contributed by atoms with Gasteiger partial charge in [0.2, 0.25) is 5.43 Å². The fourth-order valence-corrected chi connectivity index (χ4v) is 4.28. The number of hydrogen-bond acceptors (Lipinski definition) is 5. The summed E-state index contributed by atoms with van der Waals surface area (Å²) in [7, 11) is 1.62. The van der Waals surface area contributed by atoms with Crippen molar-refractivity contribution in [2.45, 2.75) is 19.9 Å². The van der Waals surface area contributed by atoms with Crippen molar-refractivity contribution >= 4 is 16.7 Å². The molecule has 0 aliphatic carbocycles. The van der Waals surface area contributed by atoms with E-state index >= 15 is 0 Å². The summed E-state index contributed by atoms with van der Waals surface area (Å²) in [6, 6.07) is 18.6. The highest BCUT2D eigenvalue weighted by Crippen LogP contribution is 2.34. The summed E-state index contributed by atoms with van der Waals surface area (Å²) in [6.45, 7) is 3.33. The van der Waals surface area contributed by atoms with Crippen LogP contribution in [0.1, 0.15) is 34.0 Å². The van der Waals surface area contributed by atoms with Gasteiger partial charge in [-0.3, -0.25) is 9.59 Å². The molecule has 1 aromatic heterocycles. The molecule has 0 bridgehead atoms. The Morgan fingerprint density at radius 3 is 2.41 bits per heavy atom. The van der Waals surface area contributed by atoms with Crippen molar-refractivity contribution in [2.24, 2.45) is 0 Å². The Labute approximate surface area is 197 Å². The van der Waals surface area contributed by atoms with Gasteiger partial charge in [-0.25, -0.2) is 0 Å². The number of methoxy groups -OCH3 is 1. The van der Waals surface area contributed by atoms with Gasteiger partial charge >= 0.3 is 0 Å². The van der Waals surface area contributed by atoms with Crippen molar-refractivity contribution in [1.82, 2.24) is 4.57 Å². The molecular weight excluding hydrogens is 430 g/mol. The average molecular weight is 456 g/mol. The summed E-state index contributed by atoms with van der Waals surface area (Å²) < 4.78 is 18.9. The SMILES string of the molecule is CCc1ccc(C(=O)c2cn(Cc3ccccc3OC)c3cc4c(cc3c2=O)OCCO4)cc1. The molecule has 0 N–H and O–H groups in total. The Kier molecular flexibility index (Phi) is 5.80. The lowest BCUT2D eigenvalue weighted by molar-refractivity contribution is 0.103. The molecule has 0 atom stereocenters. The summed E-state index contributed by atoms with van der Waals surface area (Å²) >= 11 is 0. The molecule has 6 heteroatoms. The van der Waals surface area contributed by atoms with Crippen LogP contribution >= 0.6 is 0 Å². The number of benzene rings is 3. The predicted octanol–water partition coefficient (Wildman–Crippen LogP) is 4.62. The zero-order valence-electron chi connectivity index (χ0n) is 19.2. The molecule has 0 fully saturated rings. The highest BCUT2D eigenvalue weighted by atomic mass is 16.6. The first-order chi connectivity index (χ1) is 16.6. The van der Waals surface area contributed by atoms with Crippen LogP contribution in [0.25, 0.3) is 10.9 Å². The van der Waals surface area contributed by atoms with E-state index in [1.807, 2.05) is 47.0 Å². The number of carbonyl (C=O) groups excluding carboxylic acids is 1. The van der Waals surface area contributed by atoms with Crippen LogP contribution in [-0.4, -0.2) is 30.7 Å². The van der Waals surface area contributed by atoms with Gasteiger partial charge in [0, 0.05) is 23.4 Å². The first-order valence-electron chi connectivity index (χ1n) is 11.3. The van der Waals surface area contributed by atoms with Gasteiger partial charge < -0.3 is 18.8 Å². The van der Waals surface area contributed by atoms with Crippen molar-refractivity contribution in [3.8, 4) is 17.2 Å². The van der Waals surface area contributed by atoms with E-state index < -0.39 is 0 Å². The molecule has 0 radical (unpaired) electrons. The summed E-state index contributed by atoms with van der Waals surface area (Å²) in [5.74, 6) is 1.52. The van der Waals surface area contributed by atoms with Crippen molar-refractivity contribution in [2.75, 3.05) is 20.3 Å². The number of ketones is 1. The minimum atomic E-state index is -0.326. The molecule has 6 nitrogen and oxygen atoms in total. The third-order valence-electron chi connectivity index (χ3n) is 6.15. The van der Waals surface area contributed by atoms with E-state index in [1.54, 1.807) is 31.5 Å². The lowest BCUT2D eigenvalue weighted by atomic mass is 10.00. The number of fused-ring (bicyclic) bond motifs is 2. The third kappa shape index (κ3) is 3.92. The molecule has 0 spiro atoms. The van der Waals surface area contributed by atoms with Gasteiger partial charge in [-0.05, 0) is 24.1 Å². The number of rotatable bonds is 6. The average Bonchev–Trinajstić information content (AvgIpc) is 2.89. The third-order valence-corrected chi connectivity index (χ3v) is 6.15. The smallest absolute Gasteiger partial charge is 0.200 e. The fourth-order valence-electron chi connectivity index (χ4n) is 4.28. The minimum Gasteiger partial charge on any atom is -0.496 e. The van der Waals surface area contributed by atoms with Crippen LogP contribution in [0.5, 0.6) is 17.2 Å². The minimum absolute atomic E-state index is 0.114. The number of aromatic nitrogens is 1. The normalized spacial score (nSPS) is 12.5. The summed E-state index contributed by atoms with van der Waals surface area (Å²) in [5, 5.41) is 0.412. The lowest BCUT2D eigenvalue weighted by Crippen LogP contribution is -2.21. The largest absolute Gasteiger partial charge is 0.496 e. The molecule has 0 saturated heterocycles. The molecule has 3 aromatic carbocycles. The van der Waals surface area contributed by atoms with Gasteiger partial charge in [0.15, 0.2) is 17.3 Å². The second kappa shape index (κ2) is 9.06. The Morgan fingerprint density at radius 2 is 1.71 bits per heavy atom.